The van der Waals surface area contributed by atoms with Crippen LogP contribution in [0.3, 0.4) is 0 Å². The minimum absolute atomic E-state index is 0.0150. The van der Waals surface area contributed by atoms with Crippen molar-refractivity contribution in [3.63, 3.8) is 0 Å². The van der Waals surface area contributed by atoms with E-state index in [1.54, 1.807) is 0 Å². The van der Waals surface area contributed by atoms with Crippen molar-refractivity contribution in [1.82, 2.24) is 0 Å². The van der Waals surface area contributed by atoms with E-state index in [2.05, 4.69) is 26.2 Å². The van der Waals surface area contributed by atoms with E-state index in [4.69, 9.17) is 0 Å². The highest BCUT2D eigenvalue weighted by atomic mass is 79.9. The van der Waals surface area contributed by atoms with E-state index in [1.165, 1.54) is 24.3 Å². The molecule has 1 heterocycles. The molecule has 2 aromatic rings. The largest absolute Gasteiger partial charge is 0.320 e. The second kappa shape index (κ2) is 5.34. The molecule has 110 valence electrons. The van der Waals surface area contributed by atoms with Crippen molar-refractivity contribution in [2.75, 3.05) is 5.32 Å². The lowest BCUT2D eigenvalue weighted by Gasteiger charge is -2.03. The molecule has 1 aliphatic rings. The second-order valence-corrected chi connectivity index (χ2v) is 5.75. The number of benzene rings is 2. The smallest absolute Gasteiger partial charge is 0.275 e. The number of fused-ring (bicyclic) bond motifs is 1. The summed E-state index contributed by atoms with van der Waals surface area (Å²) in [5.41, 5.74) is 3.17. The lowest BCUT2D eigenvalue weighted by molar-refractivity contribution is -0.384. The summed E-state index contributed by atoms with van der Waals surface area (Å²) in [6.45, 7) is 1.90. The Morgan fingerprint density at radius 1 is 1.23 bits per heavy atom. The molecular formula is C15H10BrN3O3. The van der Waals surface area contributed by atoms with Crippen molar-refractivity contribution >= 4 is 44.6 Å². The van der Waals surface area contributed by atoms with Gasteiger partial charge in [-0.25, -0.2) is 4.99 Å². The van der Waals surface area contributed by atoms with Gasteiger partial charge in [0.05, 0.1) is 16.3 Å². The van der Waals surface area contributed by atoms with Crippen molar-refractivity contribution in [2.45, 2.75) is 6.92 Å². The Kier molecular flexibility index (Phi) is 3.50. The number of halogens is 1. The fraction of sp³-hybridized carbons (Fsp3) is 0.0667. The molecule has 1 aliphatic heterocycles. The first-order valence-corrected chi connectivity index (χ1v) is 7.20. The predicted molar refractivity (Wildman–Crippen MR) is 86.8 cm³/mol. The number of aliphatic imine (C=N–C) groups is 1. The van der Waals surface area contributed by atoms with Crippen LogP contribution in [0.1, 0.15) is 11.1 Å². The first kappa shape index (κ1) is 14.4. The second-order valence-electron chi connectivity index (χ2n) is 4.83. The zero-order chi connectivity index (χ0) is 15.9. The predicted octanol–water partition coefficient (Wildman–Crippen LogP) is 3.74. The van der Waals surface area contributed by atoms with Crippen LogP contribution in [-0.2, 0) is 4.79 Å². The molecule has 0 bridgehead atoms. The number of anilines is 1. The van der Waals surface area contributed by atoms with Gasteiger partial charge in [-0.3, -0.25) is 14.9 Å². The van der Waals surface area contributed by atoms with Gasteiger partial charge in [0.1, 0.15) is 5.71 Å². The van der Waals surface area contributed by atoms with E-state index in [1.807, 2.05) is 19.1 Å². The lowest BCUT2D eigenvalue weighted by atomic mass is 10.1. The van der Waals surface area contributed by atoms with Gasteiger partial charge in [0.25, 0.3) is 11.6 Å². The third kappa shape index (κ3) is 2.50. The van der Waals surface area contributed by atoms with Crippen molar-refractivity contribution in [3.8, 4) is 0 Å². The molecule has 0 radical (unpaired) electrons. The molecular weight excluding hydrogens is 350 g/mol. The summed E-state index contributed by atoms with van der Waals surface area (Å²) in [4.78, 5) is 26.6. The van der Waals surface area contributed by atoms with E-state index in [0.717, 1.165) is 21.3 Å². The van der Waals surface area contributed by atoms with Gasteiger partial charge in [0, 0.05) is 22.2 Å². The molecule has 22 heavy (non-hydrogen) atoms. The standard InChI is InChI=1S/C15H10BrN3O3/c1-8-6-9(16)7-12-13(8)18-15(20)14(12)17-10-2-4-11(5-3-10)19(21)22/h2-7H,1H3,(H,17,18,20). The van der Waals surface area contributed by atoms with Crippen LogP contribution in [0.5, 0.6) is 0 Å². The number of non-ortho nitro benzene ring substituents is 1. The number of carbonyl (C=O) groups is 1. The van der Waals surface area contributed by atoms with Gasteiger partial charge in [-0.2, -0.15) is 0 Å². The number of nitro benzene ring substituents is 1. The third-order valence-corrected chi connectivity index (χ3v) is 3.77. The average molecular weight is 360 g/mol. The summed E-state index contributed by atoms with van der Waals surface area (Å²) in [5, 5.41) is 13.4. The summed E-state index contributed by atoms with van der Waals surface area (Å²) in [6, 6.07) is 9.49. The summed E-state index contributed by atoms with van der Waals surface area (Å²) < 4.78 is 0.858. The van der Waals surface area contributed by atoms with E-state index >= 15 is 0 Å². The number of hydrogen-bond donors (Lipinski definition) is 1. The molecule has 6 nitrogen and oxygen atoms in total. The van der Waals surface area contributed by atoms with Crippen molar-refractivity contribution < 1.29 is 9.72 Å². The first-order chi connectivity index (χ1) is 10.5. The van der Waals surface area contributed by atoms with E-state index in [9.17, 15) is 14.9 Å². The number of aryl methyl sites for hydroxylation is 1. The van der Waals surface area contributed by atoms with Gasteiger partial charge in [0.2, 0.25) is 0 Å². The molecule has 0 fully saturated rings. The minimum atomic E-state index is -0.477. The molecule has 0 atom stereocenters. The van der Waals surface area contributed by atoms with Crippen LogP contribution in [-0.4, -0.2) is 16.5 Å². The fourth-order valence-corrected chi connectivity index (χ4v) is 2.85. The number of rotatable bonds is 2. The minimum Gasteiger partial charge on any atom is -0.320 e. The monoisotopic (exact) mass is 359 g/mol. The van der Waals surface area contributed by atoms with E-state index < -0.39 is 4.92 Å². The molecule has 0 saturated heterocycles. The molecule has 0 spiro atoms. The van der Waals surface area contributed by atoms with Gasteiger partial charge in [0.15, 0.2) is 0 Å². The first-order valence-electron chi connectivity index (χ1n) is 6.41. The molecule has 0 aliphatic carbocycles. The Hall–Kier alpha value is -2.54. The van der Waals surface area contributed by atoms with Crippen LogP contribution in [0.15, 0.2) is 45.9 Å². The van der Waals surface area contributed by atoms with E-state index in [-0.39, 0.29) is 11.6 Å². The highest BCUT2D eigenvalue weighted by molar-refractivity contribution is 9.10. The number of nitro groups is 1. The molecule has 1 amide bonds. The maximum Gasteiger partial charge on any atom is 0.275 e. The normalized spacial score (nSPS) is 14.8. The number of nitrogens with zero attached hydrogens (tertiary/aromatic N) is 2. The zero-order valence-corrected chi connectivity index (χ0v) is 13.0. The van der Waals surface area contributed by atoms with Crippen LogP contribution in [0.4, 0.5) is 17.1 Å². The average Bonchev–Trinajstić information content (AvgIpc) is 2.77. The molecule has 3 rings (SSSR count). The number of amides is 1. The molecule has 0 aromatic heterocycles. The van der Waals surface area contributed by atoms with E-state index in [0.29, 0.717) is 11.4 Å². The van der Waals surface area contributed by atoms with Crippen LogP contribution in [0.2, 0.25) is 0 Å². The van der Waals surface area contributed by atoms with Crippen molar-refractivity contribution in [1.29, 1.82) is 0 Å². The molecule has 0 unspecified atom stereocenters. The third-order valence-electron chi connectivity index (χ3n) is 3.31. The van der Waals surface area contributed by atoms with Crippen molar-refractivity contribution in [2.24, 2.45) is 4.99 Å². The fourth-order valence-electron chi connectivity index (χ4n) is 2.28. The molecule has 0 saturated carbocycles. The van der Waals surface area contributed by atoms with Crippen LogP contribution in [0.25, 0.3) is 0 Å². The van der Waals surface area contributed by atoms with Crippen LogP contribution in [0, 0.1) is 17.0 Å². The maximum atomic E-state index is 12.1. The van der Waals surface area contributed by atoms with Gasteiger partial charge in [-0.15, -0.1) is 0 Å². The Bertz CT molecular complexity index is 829. The Morgan fingerprint density at radius 3 is 2.55 bits per heavy atom. The van der Waals surface area contributed by atoms with Crippen molar-refractivity contribution in [3.05, 3.63) is 62.1 Å². The summed E-state index contributed by atoms with van der Waals surface area (Å²) in [5.74, 6) is -0.283. The SMILES string of the molecule is Cc1cc(Br)cc2c1NC(=O)C2=Nc1ccc([N+](=O)[O-])cc1. The molecule has 1 N–H and O–H groups in total. The summed E-state index contributed by atoms with van der Waals surface area (Å²) in [7, 11) is 0. The lowest BCUT2D eigenvalue weighted by Crippen LogP contribution is -2.14. The van der Waals surface area contributed by atoms with Gasteiger partial charge < -0.3 is 5.32 Å². The highest BCUT2D eigenvalue weighted by Crippen LogP contribution is 2.32. The zero-order valence-electron chi connectivity index (χ0n) is 11.5. The Labute approximate surface area is 134 Å². The molecule has 7 heteroatoms. The van der Waals surface area contributed by atoms with Gasteiger partial charge >= 0.3 is 0 Å². The van der Waals surface area contributed by atoms with Gasteiger partial charge in [-0.1, -0.05) is 15.9 Å². The number of nitrogens with one attached hydrogen (secondary N) is 1. The quantitative estimate of drug-likeness (QED) is 0.654. The van der Waals surface area contributed by atoms with Crippen LogP contribution >= 0.6 is 15.9 Å². The summed E-state index contributed by atoms with van der Waals surface area (Å²) in [6.07, 6.45) is 0. The Balaban J connectivity index is 2.06. The maximum absolute atomic E-state index is 12.1. The Morgan fingerprint density at radius 2 is 1.91 bits per heavy atom. The topological polar surface area (TPSA) is 84.6 Å². The highest BCUT2D eigenvalue weighted by Gasteiger charge is 2.27. The van der Waals surface area contributed by atoms with Crippen LogP contribution < -0.4 is 5.32 Å². The summed E-state index contributed by atoms with van der Waals surface area (Å²) >= 11 is 3.41. The number of hydrogen-bond acceptors (Lipinski definition) is 4. The van der Waals surface area contributed by atoms with Gasteiger partial charge in [-0.05, 0) is 36.8 Å². The molecule has 2 aromatic carbocycles. The number of carbonyl (C=O) groups excluding carboxylic acids is 1.